The van der Waals surface area contributed by atoms with E-state index in [-0.39, 0.29) is 5.22 Å². The summed E-state index contributed by atoms with van der Waals surface area (Å²) in [4.78, 5) is 3.53. The molecule has 0 aliphatic heterocycles. The van der Waals surface area contributed by atoms with E-state index in [9.17, 15) is 12.9 Å². The Morgan fingerprint density at radius 3 is 2.73 bits per heavy atom. The number of hydrogen-bond acceptors (Lipinski definition) is 3. The van der Waals surface area contributed by atoms with Gasteiger partial charge in [-0.05, 0) is 5.65 Å². The Balaban J connectivity index is 2.35. The lowest BCUT2D eigenvalue weighted by molar-refractivity contribution is 0.452. The third-order valence-corrected chi connectivity index (χ3v) is 1.80. The first-order valence-electron chi connectivity index (χ1n) is 2.81. The fourth-order valence-corrected chi connectivity index (χ4v) is 1.04. The summed E-state index contributed by atoms with van der Waals surface area (Å²) < 4.78 is 39.5. The second kappa shape index (κ2) is 3.21. The Morgan fingerprint density at radius 1 is 1.55 bits per heavy atom. The molecule has 2 nitrogen and oxygen atoms in total. The van der Waals surface area contributed by atoms with E-state index in [1.54, 1.807) is 0 Å². The van der Waals surface area contributed by atoms with Gasteiger partial charge in [0, 0.05) is 0 Å². The normalized spacial score (nSPS) is 11.9. The standard InChI is InChI=1S/C4H4BF3NOS/c6-5(7,8)3-11-4-9-1-2-10-4/h1-2H,3H2/q-1. The van der Waals surface area contributed by atoms with Crippen LogP contribution in [0.2, 0.25) is 0 Å². The van der Waals surface area contributed by atoms with Crippen LogP contribution in [0, 0.1) is 0 Å². The molecule has 0 unspecified atom stereocenters. The van der Waals surface area contributed by atoms with Crippen molar-refractivity contribution in [3.63, 3.8) is 0 Å². The van der Waals surface area contributed by atoms with Crippen molar-refractivity contribution in [2.75, 3.05) is 5.65 Å². The van der Waals surface area contributed by atoms with Gasteiger partial charge in [0.1, 0.15) is 6.26 Å². The second-order valence-electron chi connectivity index (χ2n) is 1.82. The molecule has 0 aliphatic rings. The Bertz CT molecular complexity index is 212. The van der Waals surface area contributed by atoms with Crippen LogP contribution in [0.15, 0.2) is 22.1 Å². The summed E-state index contributed by atoms with van der Waals surface area (Å²) in [5.74, 6) is 0. The van der Waals surface area contributed by atoms with Gasteiger partial charge >= 0.3 is 6.98 Å². The van der Waals surface area contributed by atoms with E-state index in [2.05, 4.69) is 9.40 Å². The van der Waals surface area contributed by atoms with Gasteiger partial charge in [-0.25, -0.2) is 4.98 Å². The number of rotatable bonds is 3. The first-order valence-corrected chi connectivity index (χ1v) is 3.80. The van der Waals surface area contributed by atoms with Gasteiger partial charge in [-0.15, -0.1) is 0 Å². The predicted octanol–water partition coefficient (Wildman–Crippen LogP) is 2.15. The van der Waals surface area contributed by atoms with Gasteiger partial charge in [0.2, 0.25) is 0 Å². The van der Waals surface area contributed by atoms with Crippen LogP contribution in [0.25, 0.3) is 0 Å². The van der Waals surface area contributed by atoms with Gasteiger partial charge in [0.05, 0.1) is 6.20 Å². The van der Waals surface area contributed by atoms with Crippen molar-refractivity contribution < 1.29 is 17.4 Å². The van der Waals surface area contributed by atoms with Crippen LogP contribution >= 0.6 is 11.8 Å². The van der Waals surface area contributed by atoms with E-state index in [0.717, 1.165) is 0 Å². The number of nitrogens with zero attached hydrogens (tertiary/aromatic N) is 1. The predicted molar refractivity (Wildman–Crippen MR) is 36.3 cm³/mol. The molecule has 1 aromatic heterocycles. The Morgan fingerprint density at radius 2 is 2.27 bits per heavy atom. The summed E-state index contributed by atoms with van der Waals surface area (Å²) in [6.45, 7) is -4.74. The number of thioether (sulfide) groups is 1. The van der Waals surface area contributed by atoms with Crippen LogP contribution in [0.3, 0.4) is 0 Å². The van der Waals surface area contributed by atoms with E-state index in [1.807, 2.05) is 0 Å². The number of hydrogen-bond donors (Lipinski definition) is 0. The first kappa shape index (κ1) is 8.51. The van der Waals surface area contributed by atoms with Crippen molar-refractivity contribution in [2.24, 2.45) is 0 Å². The second-order valence-corrected chi connectivity index (χ2v) is 2.79. The lowest BCUT2D eigenvalue weighted by Gasteiger charge is -2.09. The highest BCUT2D eigenvalue weighted by atomic mass is 32.2. The molecule has 0 fully saturated rings. The highest BCUT2D eigenvalue weighted by Gasteiger charge is 2.23. The van der Waals surface area contributed by atoms with Crippen molar-refractivity contribution in [1.29, 1.82) is 0 Å². The fourth-order valence-electron chi connectivity index (χ4n) is 0.447. The molecule has 62 valence electrons. The van der Waals surface area contributed by atoms with Gasteiger partial charge in [-0.1, -0.05) is 11.8 Å². The third-order valence-electron chi connectivity index (χ3n) is 0.805. The number of aromatic nitrogens is 1. The largest absolute Gasteiger partial charge is 0.488 e. The van der Waals surface area contributed by atoms with Gasteiger partial charge in [-0.2, -0.15) is 0 Å². The monoisotopic (exact) mass is 182 g/mol. The third kappa shape index (κ3) is 3.36. The molecule has 0 aliphatic carbocycles. The van der Waals surface area contributed by atoms with E-state index in [4.69, 9.17) is 0 Å². The average molecular weight is 182 g/mol. The maximum absolute atomic E-state index is 11.6. The molecular weight excluding hydrogens is 178 g/mol. The molecule has 11 heavy (non-hydrogen) atoms. The molecule has 1 aromatic rings. The van der Waals surface area contributed by atoms with E-state index in [1.165, 1.54) is 12.5 Å². The quantitative estimate of drug-likeness (QED) is 0.529. The number of halogens is 3. The zero-order valence-corrected chi connectivity index (χ0v) is 6.15. The van der Waals surface area contributed by atoms with Crippen LogP contribution in [-0.4, -0.2) is 17.6 Å². The topological polar surface area (TPSA) is 26.0 Å². The Labute approximate surface area is 65.2 Å². The Kier molecular flexibility index (Phi) is 2.48. The summed E-state index contributed by atoms with van der Waals surface area (Å²) in [5.41, 5.74) is -0.902. The van der Waals surface area contributed by atoms with Crippen molar-refractivity contribution in [1.82, 2.24) is 4.98 Å². The summed E-state index contributed by atoms with van der Waals surface area (Å²) in [6, 6.07) is 0. The van der Waals surface area contributed by atoms with Gasteiger partial charge < -0.3 is 17.4 Å². The maximum Gasteiger partial charge on any atom is 0.488 e. The van der Waals surface area contributed by atoms with Gasteiger partial charge in [-0.3, -0.25) is 0 Å². The molecule has 1 rings (SSSR count). The van der Waals surface area contributed by atoms with Crippen molar-refractivity contribution in [2.45, 2.75) is 5.22 Å². The van der Waals surface area contributed by atoms with Crippen molar-refractivity contribution in [3.8, 4) is 0 Å². The smallest absolute Gasteiger partial charge is 0.448 e. The van der Waals surface area contributed by atoms with E-state index < -0.39 is 12.6 Å². The molecule has 0 bridgehead atoms. The minimum atomic E-state index is -4.74. The van der Waals surface area contributed by atoms with Crippen LogP contribution < -0.4 is 0 Å². The zero-order valence-electron chi connectivity index (χ0n) is 5.34. The molecule has 7 heteroatoms. The van der Waals surface area contributed by atoms with E-state index >= 15 is 0 Å². The van der Waals surface area contributed by atoms with Gasteiger partial charge in [0.25, 0.3) is 5.22 Å². The minimum Gasteiger partial charge on any atom is -0.448 e. The molecule has 0 amide bonds. The van der Waals surface area contributed by atoms with Crippen LogP contribution in [-0.2, 0) is 0 Å². The molecule has 0 saturated carbocycles. The van der Waals surface area contributed by atoms with Crippen LogP contribution in [0.4, 0.5) is 12.9 Å². The number of oxazole rings is 1. The molecule has 0 aromatic carbocycles. The molecule has 0 spiro atoms. The van der Waals surface area contributed by atoms with Crippen molar-refractivity contribution >= 4 is 18.7 Å². The summed E-state index contributed by atoms with van der Waals surface area (Å²) in [7, 11) is 0. The molecule has 0 N–H and O–H groups in total. The van der Waals surface area contributed by atoms with Gasteiger partial charge in [0.15, 0.2) is 0 Å². The fraction of sp³-hybridized carbons (Fsp3) is 0.250. The lowest BCUT2D eigenvalue weighted by atomic mass is 9.98. The molecule has 0 saturated heterocycles. The molecule has 0 radical (unpaired) electrons. The van der Waals surface area contributed by atoms with Crippen LogP contribution in [0.1, 0.15) is 0 Å². The molecule has 0 atom stereocenters. The van der Waals surface area contributed by atoms with E-state index in [0.29, 0.717) is 11.8 Å². The zero-order chi connectivity index (χ0) is 8.32. The average Bonchev–Trinajstić information content (AvgIpc) is 2.32. The maximum atomic E-state index is 11.6. The minimum absolute atomic E-state index is 0.0594. The highest BCUT2D eigenvalue weighted by molar-refractivity contribution is 8.00. The summed E-state index contributed by atoms with van der Waals surface area (Å²) in [6.07, 6.45) is 2.55. The molecular formula is C4H4BF3NOS-. The first-order chi connectivity index (χ1) is 5.08. The SMILES string of the molecule is F[B-](F)(F)CSc1ncco1. The summed E-state index contributed by atoms with van der Waals surface area (Å²) in [5, 5.41) is 0.0594. The lowest BCUT2D eigenvalue weighted by Crippen LogP contribution is -2.18. The molecule has 1 heterocycles. The van der Waals surface area contributed by atoms with Crippen LogP contribution in [0.5, 0.6) is 0 Å². The Hall–Kier alpha value is -0.585. The highest BCUT2D eigenvalue weighted by Crippen LogP contribution is 2.22. The van der Waals surface area contributed by atoms with Crippen molar-refractivity contribution in [3.05, 3.63) is 12.5 Å². The summed E-state index contributed by atoms with van der Waals surface area (Å²) >= 11 is 0.559.